The topological polar surface area (TPSA) is 60.3 Å². The molecule has 8 heteroatoms. The Labute approximate surface area is 160 Å². The number of aromatic nitrogens is 1. The number of aryl methyl sites for hydroxylation is 1. The van der Waals surface area contributed by atoms with Crippen LogP contribution in [0.2, 0.25) is 15.1 Å². The summed E-state index contributed by atoms with van der Waals surface area (Å²) in [6, 6.07) is 4.60. The molecule has 0 unspecified atom stereocenters. The lowest BCUT2D eigenvalue weighted by Gasteiger charge is -2.09. The minimum absolute atomic E-state index is 0.237. The number of anilines is 1. The lowest BCUT2D eigenvalue weighted by Crippen LogP contribution is -2.21. The average molecular weight is 404 g/mol. The fraction of sp³-hybridized carbons (Fsp3) is 0.294. The van der Waals surface area contributed by atoms with E-state index in [4.69, 9.17) is 39.5 Å². The third kappa shape index (κ3) is 4.48. The Balaban J connectivity index is 2.01. The molecule has 1 aromatic heterocycles. The van der Waals surface area contributed by atoms with Crippen LogP contribution in [-0.2, 0) is 16.1 Å². The van der Waals surface area contributed by atoms with Crippen LogP contribution in [0.4, 0.5) is 5.69 Å². The number of halogens is 3. The van der Waals surface area contributed by atoms with Crippen LogP contribution >= 0.6 is 34.8 Å². The molecule has 0 spiro atoms. The highest BCUT2D eigenvalue weighted by molar-refractivity contribution is 6.44. The Morgan fingerprint density at radius 2 is 1.72 bits per heavy atom. The summed E-state index contributed by atoms with van der Waals surface area (Å²) in [5.41, 5.74) is 2.50. The number of hydrogen-bond acceptors (Lipinski definition) is 3. The molecule has 1 N–H and O–H groups in total. The molecular weight excluding hydrogens is 387 g/mol. The third-order valence-electron chi connectivity index (χ3n) is 3.73. The summed E-state index contributed by atoms with van der Waals surface area (Å²) in [5.74, 6) is -1.08. The zero-order valence-corrected chi connectivity index (χ0v) is 16.2. The van der Waals surface area contributed by atoms with Crippen molar-refractivity contribution in [3.8, 4) is 0 Å². The molecule has 0 fully saturated rings. The fourth-order valence-electron chi connectivity index (χ4n) is 2.51. The van der Waals surface area contributed by atoms with Gasteiger partial charge in [-0.15, -0.1) is 0 Å². The molecule has 134 valence electrons. The minimum atomic E-state index is -0.553. The van der Waals surface area contributed by atoms with Gasteiger partial charge in [0.05, 0.1) is 26.3 Å². The molecule has 0 radical (unpaired) electrons. The number of benzene rings is 1. The summed E-state index contributed by atoms with van der Waals surface area (Å²) >= 11 is 17.7. The Bertz CT molecular complexity index is 831. The van der Waals surface area contributed by atoms with Crippen molar-refractivity contribution in [3.63, 3.8) is 0 Å². The maximum absolute atomic E-state index is 12.2. The van der Waals surface area contributed by atoms with Crippen LogP contribution in [0, 0.1) is 13.8 Å². The summed E-state index contributed by atoms with van der Waals surface area (Å²) in [7, 11) is 0. The lowest BCUT2D eigenvalue weighted by molar-refractivity contribution is -0.119. The highest BCUT2D eigenvalue weighted by Gasteiger charge is 2.18. The molecule has 0 aliphatic rings. The van der Waals surface area contributed by atoms with Gasteiger partial charge in [-0.2, -0.15) is 0 Å². The molecule has 0 saturated carbocycles. The number of amides is 1. The summed E-state index contributed by atoms with van der Waals surface area (Å²) < 4.78 is 7.08. The molecule has 0 atom stereocenters. The lowest BCUT2D eigenvalue weighted by atomic mass is 10.2. The highest BCUT2D eigenvalue weighted by atomic mass is 35.5. The van der Waals surface area contributed by atoms with Crippen molar-refractivity contribution < 1.29 is 14.3 Å². The Kier molecular flexibility index (Phi) is 6.38. The summed E-state index contributed by atoms with van der Waals surface area (Å²) in [4.78, 5) is 24.2. The largest absolute Gasteiger partial charge is 0.452 e. The van der Waals surface area contributed by atoms with Gasteiger partial charge >= 0.3 is 5.97 Å². The zero-order valence-electron chi connectivity index (χ0n) is 14.0. The molecule has 2 rings (SSSR count). The van der Waals surface area contributed by atoms with Gasteiger partial charge in [0.25, 0.3) is 5.91 Å². The second kappa shape index (κ2) is 8.13. The van der Waals surface area contributed by atoms with Crippen LogP contribution in [0.5, 0.6) is 0 Å². The SMILES string of the molecule is CCn1c(C)cc(C(=O)OCC(=O)Nc2cc(Cl)c(Cl)cc2Cl)c1C. The molecule has 1 heterocycles. The van der Waals surface area contributed by atoms with Gasteiger partial charge < -0.3 is 14.6 Å². The molecule has 25 heavy (non-hydrogen) atoms. The minimum Gasteiger partial charge on any atom is -0.452 e. The number of ether oxygens (including phenoxy) is 1. The number of hydrogen-bond donors (Lipinski definition) is 1. The van der Waals surface area contributed by atoms with E-state index in [1.54, 1.807) is 6.07 Å². The second-order valence-electron chi connectivity index (χ2n) is 5.40. The monoisotopic (exact) mass is 402 g/mol. The second-order valence-corrected chi connectivity index (χ2v) is 6.62. The smallest absolute Gasteiger partial charge is 0.340 e. The Hall–Kier alpha value is -1.69. The van der Waals surface area contributed by atoms with Crippen molar-refractivity contribution in [1.82, 2.24) is 4.57 Å². The van der Waals surface area contributed by atoms with Gasteiger partial charge in [-0.25, -0.2) is 4.79 Å². The highest BCUT2D eigenvalue weighted by Crippen LogP contribution is 2.32. The fourth-order valence-corrected chi connectivity index (χ4v) is 3.10. The molecule has 1 aromatic carbocycles. The quantitative estimate of drug-likeness (QED) is 0.571. The number of nitrogens with zero attached hydrogens (tertiary/aromatic N) is 1. The molecule has 0 aliphatic heterocycles. The zero-order chi connectivity index (χ0) is 18.7. The van der Waals surface area contributed by atoms with Crippen molar-refractivity contribution in [2.24, 2.45) is 0 Å². The number of esters is 1. The first kappa shape index (κ1) is 19.6. The summed E-state index contributed by atoms with van der Waals surface area (Å²) in [6.45, 7) is 6.05. The molecule has 1 amide bonds. The van der Waals surface area contributed by atoms with E-state index in [0.717, 1.165) is 17.9 Å². The van der Waals surface area contributed by atoms with Gasteiger partial charge in [0.1, 0.15) is 0 Å². The predicted octanol–water partition coefficient (Wildman–Crippen LogP) is 4.88. The van der Waals surface area contributed by atoms with Crippen LogP contribution in [0.25, 0.3) is 0 Å². The van der Waals surface area contributed by atoms with Crippen molar-refractivity contribution in [1.29, 1.82) is 0 Å². The van der Waals surface area contributed by atoms with Gasteiger partial charge in [0, 0.05) is 17.9 Å². The normalized spacial score (nSPS) is 10.6. The van der Waals surface area contributed by atoms with Gasteiger partial charge in [0.15, 0.2) is 6.61 Å². The number of nitrogens with one attached hydrogen (secondary N) is 1. The number of rotatable bonds is 5. The van der Waals surface area contributed by atoms with E-state index in [1.807, 2.05) is 25.3 Å². The summed E-state index contributed by atoms with van der Waals surface area (Å²) in [5, 5.41) is 3.30. The summed E-state index contributed by atoms with van der Waals surface area (Å²) in [6.07, 6.45) is 0. The van der Waals surface area contributed by atoms with Gasteiger partial charge in [0.2, 0.25) is 0 Å². The van der Waals surface area contributed by atoms with Gasteiger partial charge in [-0.1, -0.05) is 34.8 Å². The van der Waals surface area contributed by atoms with Crippen molar-refractivity contribution in [2.75, 3.05) is 11.9 Å². The van der Waals surface area contributed by atoms with Gasteiger partial charge in [-0.05, 0) is 39.0 Å². The van der Waals surface area contributed by atoms with Gasteiger partial charge in [-0.3, -0.25) is 4.79 Å². The van der Waals surface area contributed by atoms with E-state index in [9.17, 15) is 9.59 Å². The molecule has 5 nitrogen and oxygen atoms in total. The van der Waals surface area contributed by atoms with E-state index in [1.165, 1.54) is 12.1 Å². The van der Waals surface area contributed by atoms with Crippen molar-refractivity contribution >= 4 is 52.4 Å². The van der Waals surface area contributed by atoms with E-state index in [0.29, 0.717) is 11.3 Å². The molecule has 2 aromatic rings. The van der Waals surface area contributed by atoms with Crippen LogP contribution in [0.15, 0.2) is 18.2 Å². The van der Waals surface area contributed by atoms with Crippen LogP contribution in [-0.4, -0.2) is 23.1 Å². The first-order chi connectivity index (χ1) is 11.7. The average Bonchev–Trinajstić information content (AvgIpc) is 2.84. The van der Waals surface area contributed by atoms with Crippen LogP contribution in [0.3, 0.4) is 0 Å². The molecule has 0 aliphatic carbocycles. The number of carbonyl (C=O) groups excluding carboxylic acids is 2. The van der Waals surface area contributed by atoms with E-state index >= 15 is 0 Å². The maximum Gasteiger partial charge on any atom is 0.340 e. The van der Waals surface area contributed by atoms with Crippen LogP contribution in [0.1, 0.15) is 28.7 Å². The van der Waals surface area contributed by atoms with Crippen LogP contribution < -0.4 is 5.32 Å². The first-order valence-electron chi connectivity index (χ1n) is 7.52. The Morgan fingerprint density at radius 3 is 2.32 bits per heavy atom. The number of carbonyl (C=O) groups is 2. The predicted molar refractivity (Wildman–Crippen MR) is 100.0 cm³/mol. The third-order valence-corrected chi connectivity index (χ3v) is 4.76. The maximum atomic E-state index is 12.2. The first-order valence-corrected chi connectivity index (χ1v) is 8.66. The van der Waals surface area contributed by atoms with E-state index < -0.39 is 18.5 Å². The molecule has 0 saturated heterocycles. The van der Waals surface area contributed by atoms with E-state index in [-0.39, 0.29) is 15.1 Å². The Morgan fingerprint density at radius 1 is 1.08 bits per heavy atom. The van der Waals surface area contributed by atoms with Crippen molar-refractivity contribution in [3.05, 3.63) is 50.2 Å². The standard InChI is InChI=1S/C17H17Cl3N2O3/c1-4-22-9(2)5-11(10(22)3)17(24)25-8-16(23)21-15-7-13(19)12(18)6-14(15)20/h5-7H,4,8H2,1-3H3,(H,21,23). The molecule has 0 bridgehead atoms. The molecular formula is C17H17Cl3N2O3. The van der Waals surface area contributed by atoms with E-state index in [2.05, 4.69) is 5.32 Å². The van der Waals surface area contributed by atoms with Crippen molar-refractivity contribution in [2.45, 2.75) is 27.3 Å².